The van der Waals surface area contributed by atoms with E-state index in [9.17, 15) is 4.79 Å². The number of ketones is 1. The number of carbonyl (C=O) groups excluding carboxylic acids is 1. The number of ether oxygens (including phenoxy) is 1. The van der Waals surface area contributed by atoms with Crippen LogP contribution in [0.3, 0.4) is 0 Å². The Labute approximate surface area is 156 Å². The lowest BCUT2D eigenvalue weighted by atomic mass is 9.47. The third-order valence-electron chi connectivity index (χ3n) is 10.3. The minimum Gasteiger partial charge on any atom is -0.366 e. The third-order valence-corrected chi connectivity index (χ3v) is 10.3. The molecule has 5 saturated carbocycles. The van der Waals surface area contributed by atoms with Crippen LogP contribution in [0.15, 0.2) is 23.8 Å². The van der Waals surface area contributed by atoms with Crippen molar-refractivity contribution in [3.05, 3.63) is 23.8 Å². The topological polar surface area (TPSA) is 26.3 Å². The molecule has 0 bridgehead atoms. The van der Waals surface area contributed by atoms with Crippen molar-refractivity contribution in [1.82, 2.24) is 0 Å². The van der Waals surface area contributed by atoms with Crippen molar-refractivity contribution in [3.63, 3.8) is 0 Å². The van der Waals surface area contributed by atoms with Crippen LogP contribution in [0.2, 0.25) is 0 Å². The van der Waals surface area contributed by atoms with Crippen molar-refractivity contribution in [2.45, 2.75) is 63.9 Å². The molecule has 2 spiro atoms. The summed E-state index contributed by atoms with van der Waals surface area (Å²) in [6.07, 6.45) is 17.0. The van der Waals surface area contributed by atoms with Crippen LogP contribution in [0.25, 0.3) is 0 Å². The maximum absolute atomic E-state index is 12.2. The summed E-state index contributed by atoms with van der Waals surface area (Å²) in [6, 6.07) is 0. The van der Waals surface area contributed by atoms with E-state index < -0.39 is 0 Å². The molecule has 0 amide bonds. The molecule has 0 aromatic heterocycles. The Hall–Kier alpha value is -0.890. The summed E-state index contributed by atoms with van der Waals surface area (Å²) in [5, 5.41) is 0. The van der Waals surface area contributed by atoms with E-state index in [4.69, 9.17) is 4.74 Å². The fraction of sp³-hybridized carbons (Fsp3) is 0.792. The van der Waals surface area contributed by atoms with Crippen molar-refractivity contribution in [1.29, 1.82) is 0 Å². The Morgan fingerprint density at radius 2 is 2.00 bits per heavy atom. The minimum atomic E-state index is 0.0721. The summed E-state index contributed by atoms with van der Waals surface area (Å²) in [5.74, 6) is 5.46. The van der Waals surface area contributed by atoms with E-state index in [1.807, 2.05) is 0 Å². The summed E-state index contributed by atoms with van der Waals surface area (Å²) in [5.41, 5.74) is 2.47. The van der Waals surface area contributed by atoms with Crippen molar-refractivity contribution in [2.75, 3.05) is 6.61 Å². The Balaban J connectivity index is 1.32. The molecule has 2 nitrogen and oxygen atoms in total. The molecule has 0 saturated heterocycles. The molecule has 0 aromatic rings. The van der Waals surface area contributed by atoms with E-state index in [0.717, 1.165) is 55.0 Å². The van der Waals surface area contributed by atoms with Gasteiger partial charge >= 0.3 is 0 Å². The average molecular weight is 351 g/mol. The van der Waals surface area contributed by atoms with Gasteiger partial charge in [-0.15, -0.1) is 0 Å². The first-order valence-electron chi connectivity index (χ1n) is 11.1. The number of allylic oxidation sites excluding steroid dienone is 1. The number of hydrogen-bond donors (Lipinski definition) is 0. The maximum Gasteiger partial charge on any atom is 0.155 e. The summed E-state index contributed by atoms with van der Waals surface area (Å²) < 4.78 is 6.53. The Morgan fingerprint density at radius 1 is 1.12 bits per heavy atom. The first-order chi connectivity index (χ1) is 12.6. The molecule has 7 rings (SSSR count). The maximum atomic E-state index is 12.2. The second kappa shape index (κ2) is 4.40. The van der Waals surface area contributed by atoms with Gasteiger partial charge in [-0.05, 0) is 91.9 Å². The fourth-order valence-electron chi connectivity index (χ4n) is 9.19. The molecule has 6 aliphatic carbocycles. The molecule has 138 valence electrons. The number of hydrogen-bond acceptors (Lipinski definition) is 2. The fourth-order valence-corrected chi connectivity index (χ4v) is 9.19. The van der Waals surface area contributed by atoms with Crippen LogP contribution in [0.1, 0.15) is 58.3 Å². The number of rotatable bonds is 0. The largest absolute Gasteiger partial charge is 0.366 e. The van der Waals surface area contributed by atoms with Crippen LogP contribution in [0, 0.1) is 46.3 Å². The summed E-state index contributed by atoms with van der Waals surface area (Å²) in [4.78, 5) is 12.2. The molecule has 8 atom stereocenters. The second-order valence-corrected chi connectivity index (χ2v) is 11.0. The van der Waals surface area contributed by atoms with E-state index in [1.165, 1.54) is 38.5 Å². The number of fused-ring (bicyclic) bond motifs is 10. The predicted octanol–water partition coefficient (Wildman–Crippen LogP) is 4.70. The molecule has 5 unspecified atom stereocenters. The van der Waals surface area contributed by atoms with Gasteiger partial charge < -0.3 is 4.74 Å². The van der Waals surface area contributed by atoms with E-state index in [1.54, 1.807) is 5.57 Å². The van der Waals surface area contributed by atoms with Gasteiger partial charge in [0.25, 0.3) is 0 Å². The van der Waals surface area contributed by atoms with Gasteiger partial charge in [-0.25, -0.2) is 0 Å². The molecular weight excluding hydrogens is 320 g/mol. The van der Waals surface area contributed by atoms with Gasteiger partial charge in [-0.3, -0.25) is 4.79 Å². The Kier molecular flexibility index (Phi) is 2.55. The monoisotopic (exact) mass is 350 g/mol. The molecule has 0 aromatic carbocycles. The third kappa shape index (κ3) is 1.52. The van der Waals surface area contributed by atoms with Gasteiger partial charge in [-0.2, -0.15) is 0 Å². The van der Waals surface area contributed by atoms with Gasteiger partial charge in [0.2, 0.25) is 0 Å². The average Bonchev–Trinajstić information content (AvgIpc) is 3.52. The summed E-state index contributed by atoms with van der Waals surface area (Å²) in [7, 11) is 0. The van der Waals surface area contributed by atoms with Gasteiger partial charge in [0.1, 0.15) is 0 Å². The predicted molar refractivity (Wildman–Crippen MR) is 99.3 cm³/mol. The van der Waals surface area contributed by atoms with Crippen LogP contribution in [0.5, 0.6) is 0 Å². The van der Waals surface area contributed by atoms with Crippen LogP contribution < -0.4 is 0 Å². The van der Waals surface area contributed by atoms with Gasteiger partial charge in [0.15, 0.2) is 5.78 Å². The number of carbonyl (C=O) groups is 1. The van der Waals surface area contributed by atoms with Gasteiger partial charge in [0, 0.05) is 11.8 Å². The first-order valence-corrected chi connectivity index (χ1v) is 11.1. The minimum absolute atomic E-state index is 0.0721. The van der Waals surface area contributed by atoms with E-state index >= 15 is 0 Å². The highest BCUT2D eigenvalue weighted by molar-refractivity contribution is 5.91. The summed E-state index contributed by atoms with van der Waals surface area (Å²) in [6.45, 7) is 3.42. The molecule has 26 heavy (non-hydrogen) atoms. The van der Waals surface area contributed by atoms with Crippen molar-refractivity contribution < 1.29 is 9.53 Å². The molecule has 2 heteroatoms. The van der Waals surface area contributed by atoms with Crippen LogP contribution in [-0.4, -0.2) is 18.0 Å². The first kappa shape index (κ1) is 15.1. The second-order valence-electron chi connectivity index (χ2n) is 11.0. The molecule has 7 aliphatic rings. The normalized spacial score (nSPS) is 57.4. The standard InChI is InChI=1S/C24H30O2/c1-22-7-5-15-16-4-3-14(25)11-19(16)23(8-9-23)13-18(15)21(22)17-12-20(17)24(22)6-2-10-26-24/h2,6,11,15-18,20-21H,3-5,7-10,12-13H2,1H3/t15?,16-,17?,18?,20?,21?,22+,24+/m1/s1. The zero-order valence-corrected chi connectivity index (χ0v) is 15.9. The lowest BCUT2D eigenvalue weighted by Crippen LogP contribution is -2.55. The zero-order valence-electron chi connectivity index (χ0n) is 15.9. The van der Waals surface area contributed by atoms with Crippen molar-refractivity contribution >= 4 is 5.78 Å². The Morgan fingerprint density at radius 3 is 2.77 bits per heavy atom. The van der Waals surface area contributed by atoms with Crippen molar-refractivity contribution in [3.8, 4) is 0 Å². The molecule has 0 radical (unpaired) electrons. The van der Waals surface area contributed by atoms with Crippen LogP contribution >= 0.6 is 0 Å². The van der Waals surface area contributed by atoms with Gasteiger partial charge in [-0.1, -0.05) is 24.6 Å². The van der Waals surface area contributed by atoms with E-state index in [0.29, 0.717) is 16.6 Å². The molecule has 0 N–H and O–H groups in total. The Bertz CT molecular complexity index is 773. The SMILES string of the molecule is C[C@]12CCC3C(CC4(CC4)C4=CC(=O)CC[C@@H]43)C1C1CC1[C@@]21C=CCO1. The van der Waals surface area contributed by atoms with E-state index in [2.05, 4.69) is 25.2 Å². The lowest BCUT2D eigenvalue weighted by molar-refractivity contribution is -0.136. The lowest BCUT2D eigenvalue weighted by Gasteiger charge is -2.58. The highest BCUT2D eigenvalue weighted by Gasteiger charge is 2.77. The summed E-state index contributed by atoms with van der Waals surface area (Å²) >= 11 is 0. The highest BCUT2D eigenvalue weighted by Crippen LogP contribution is 2.79. The van der Waals surface area contributed by atoms with E-state index in [-0.39, 0.29) is 5.60 Å². The van der Waals surface area contributed by atoms with Crippen LogP contribution in [-0.2, 0) is 9.53 Å². The molecule has 1 heterocycles. The quantitative estimate of drug-likeness (QED) is 0.592. The zero-order chi connectivity index (χ0) is 17.3. The molecule has 5 fully saturated rings. The van der Waals surface area contributed by atoms with Gasteiger partial charge in [0.05, 0.1) is 12.2 Å². The molecular formula is C24H30O2. The smallest absolute Gasteiger partial charge is 0.155 e. The van der Waals surface area contributed by atoms with Crippen LogP contribution in [0.4, 0.5) is 0 Å². The van der Waals surface area contributed by atoms with Crippen molar-refractivity contribution in [2.24, 2.45) is 46.3 Å². The molecule has 1 aliphatic heterocycles. The highest BCUT2D eigenvalue weighted by atomic mass is 16.5.